The van der Waals surface area contributed by atoms with Gasteiger partial charge in [-0.15, -0.1) is 0 Å². The van der Waals surface area contributed by atoms with Crippen molar-refractivity contribution in [2.75, 3.05) is 6.54 Å². The summed E-state index contributed by atoms with van der Waals surface area (Å²) in [5.41, 5.74) is 3.54. The Hall–Kier alpha value is -2.70. The molecule has 0 atom stereocenters. The van der Waals surface area contributed by atoms with Crippen LogP contribution in [-0.2, 0) is 25.0 Å². The van der Waals surface area contributed by atoms with Gasteiger partial charge < -0.3 is 10.8 Å². The largest absolute Gasteiger partial charge is 0.395 e. The summed E-state index contributed by atoms with van der Waals surface area (Å²) in [5.74, 6) is -2.05. The second-order valence-corrected chi connectivity index (χ2v) is 4.47. The van der Waals surface area contributed by atoms with E-state index in [2.05, 4.69) is 9.78 Å². The van der Waals surface area contributed by atoms with E-state index in [0.717, 1.165) is 0 Å². The lowest BCUT2D eigenvalue weighted by molar-refractivity contribution is -0.268. The van der Waals surface area contributed by atoms with Crippen LogP contribution in [-0.4, -0.2) is 23.6 Å². The quantitative estimate of drug-likeness (QED) is 0.642. The number of hydrogen-bond acceptors (Lipinski definition) is 6. The zero-order valence-corrected chi connectivity index (χ0v) is 11.6. The summed E-state index contributed by atoms with van der Waals surface area (Å²) in [6, 6.07) is 16.4. The molecule has 0 amide bonds. The van der Waals surface area contributed by atoms with Gasteiger partial charge in [-0.25, -0.2) is 19.4 Å². The predicted octanol–water partition coefficient (Wildman–Crippen LogP) is 0.883. The summed E-state index contributed by atoms with van der Waals surface area (Å²) in [4.78, 5) is 32.0. The number of nitrogens with two attached hydrogens (primary N) is 1. The third kappa shape index (κ3) is 3.13. The van der Waals surface area contributed by atoms with Crippen LogP contribution in [0.4, 0.5) is 0 Å². The van der Waals surface area contributed by atoms with Gasteiger partial charge in [-0.3, -0.25) is 0 Å². The van der Waals surface area contributed by atoms with E-state index in [1.807, 2.05) is 0 Å². The predicted molar refractivity (Wildman–Crippen MR) is 77.1 cm³/mol. The molecule has 0 saturated heterocycles. The van der Waals surface area contributed by atoms with Crippen molar-refractivity contribution in [3.05, 3.63) is 71.8 Å². The number of aliphatic hydroxyl groups is 1. The van der Waals surface area contributed by atoms with Crippen LogP contribution in [0.3, 0.4) is 0 Å². The molecule has 2 aromatic carbocycles. The molecule has 2 aromatic rings. The third-order valence-corrected chi connectivity index (χ3v) is 3.06. The monoisotopic (exact) mass is 301 g/mol. The number of hydrogen-bond donors (Lipinski definition) is 2. The Morgan fingerprint density at radius 2 is 1.36 bits per heavy atom. The minimum atomic E-state index is -2.10. The molecule has 0 aliphatic rings. The molecule has 0 heterocycles. The van der Waals surface area contributed by atoms with E-state index in [9.17, 15) is 14.7 Å². The number of rotatable bonds is 4. The van der Waals surface area contributed by atoms with Gasteiger partial charge >= 0.3 is 11.9 Å². The van der Waals surface area contributed by atoms with Crippen molar-refractivity contribution < 1.29 is 24.5 Å². The second-order valence-electron chi connectivity index (χ2n) is 4.47. The molecule has 0 aliphatic heterocycles. The molecule has 0 saturated carbocycles. The molecule has 6 heteroatoms. The molecule has 0 radical (unpaired) electrons. The van der Waals surface area contributed by atoms with Gasteiger partial charge in [-0.2, -0.15) is 0 Å². The normalized spacial score (nSPS) is 10.8. The van der Waals surface area contributed by atoms with E-state index in [4.69, 9.17) is 5.73 Å². The number of benzene rings is 2. The SMILES string of the molecule is NCC(=O)OOC(=O)C(O)(c1ccccc1)c1ccccc1. The average molecular weight is 301 g/mol. The minimum absolute atomic E-state index is 0.287. The highest BCUT2D eigenvalue weighted by atomic mass is 17.2. The van der Waals surface area contributed by atoms with Crippen molar-refractivity contribution >= 4 is 11.9 Å². The standard InChI is InChI=1S/C16H15NO5/c17-11-14(18)21-22-15(19)16(20,12-7-3-1-4-8-12)13-9-5-2-6-10-13/h1-10,20H,11,17H2. The summed E-state index contributed by atoms with van der Waals surface area (Å²) >= 11 is 0. The molecule has 0 spiro atoms. The summed E-state index contributed by atoms with van der Waals surface area (Å²) in [6.45, 7) is -0.442. The molecule has 0 fully saturated rings. The molecule has 22 heavy (non-hydrogen) atoms. The fourth-order valence-corrected chi connectivity index (χ4v) is 1.94. The fourth-order valence-electron chi connectivity index (χ4n) is 1.94. The highest BCUT2D eigenvalue weighted by Crippen LogP contribution is 2.31. The van der Waals surface area contributed by atoms with Crippen molar-refractivity contribution in [1.29, 1.82) is 0 Å². The van der Waals surface area contributed by atoms with E-state index < -0.39 is 24.1 Å². The molecule has 0 aromatic heterocycles. The van der Waals surface area contributed by atoms with Gasteiger partial charge in [-0.1, -0.05) is 60.7 Å². The second kappa shape index (κ2) is 6.84. The first-order valence-corrected chi connectivity index (χ1v) is 6.54. The van der Waals surface area contributed by atoms with Gasteiger partial charge in [0.1, 0.15) is 0 Å². The van der Waals surface area contributed by atoms with Gasteiger partial charge in [0.15, 0.2) is 0 Å². The Bertz CT molecular complexity index is 603. The maximum absolute atomic E-state index is 12.3. The smallest absolute Gasteiger partial charge is 0.370 e. The fraction of sp³-hybridized carbons (Fsp3) is 0.125. The van der Waals surface area contributed by atoms with Gasteiger partial charge in [-0.05, 0) is 11.1 Å². The Labute approximate surface area is 127 Å². The van der Waals surface area contributed by atoms with Gasteiger partial charge in [0, 0.05) is 0 Å². The van der Waals surface area contributed by atoms with E-state index in [0.29, 0.717) is 0 Å². The summed E-state index contributed by atoms with van der Waals surface area (Å²) in [6.07, 6.45) is 0. The van der Waals surface area contributed by atoms with Crippen LogP contribution in [0.1, 0.15) is 11.1 Å². The molecule has 114 valence electrons. The van der Waals surface area contributed by atoms with Crippen LogP contribution in [0.15, 0.2) is 60.7 Å². The highest BCUT2D eigenvalue weighted by molar-refractivity contribution is 5.85. The maximum atomic E-state index is 12.3. The van der Waals surface area contributed by atoms with Crippen LogP contribution in [0.2, 0.25) is 0 Å². The summed E-state index contributed by atoms with van der Waals surface area (Å²) in [7, 11) is 0. The van der Waals surface area contributed by atoms with Crippen LogP contribution in [0.25, 0.3) is 0 Å². The lowest BCUT2D eigenvalue weighted by atomic mass is 9.86. The van der Waals surface area contributed by atoms with E-state index >= 15 is 0 Å². The first kappa shape index (κ1) is 15.7. The van der Waals surface area contributed by atoms with Gasteiger partial charge in [0.2, 0.25) is 5.60 Å². The molecule has 6 nitrogen and oxygen atoms in total. The Balaban J connectivity index is 2.38. The van der Waals surface area contributed by atoms with Crippen LogP contribution < -0.4 is 5.73 Å². The van der Waals surface area contributed by atoms with E-state index in [1.165, 1.54) is 0 Å². The van der Waals surface area contributed by atoms with Crippen molar-refractivity contribution in [3.8, 4) is 0 Å². The Morgan fingerprint density at radius 3 is 1.77 bits per heavy atom. The molecule has 0 bridgehead atoms. The van der Waals surface area contributed by atoms with E-state index in [1.54, 1.807) is 60.7 Å². The number of carbonyl (C=O) groups is 2. The Morgan fingerprint density at radius 1 is 0.909 bits per heavy atom. The minimum Gasteiger partial charge on any atom is -0.370 e. The first-order valence-electron chi connectivity index (χ1n) is 6.54. The van der Waals surface area contributed by atoms with Crippen molar-refractivity contribution in [2.45, 2.75) is 5.60 Å². The molecule has 0 unspecified atom stereocenters. The molecular weight excluding hydrogens is 286 g/mol. The first-order chi connectivity index (χ1) is 10.6. The number of carbonyl (C=O) groups excluding carboxylic acids is 2. The van der Waals surface area contributed by atoms with Crippen molar-refractivity contribution in [1.82, 2.24) is 0 Å². The maximum Gasteiger partial charge on any atom is 0.395 e. The average Bonchev–Trinajstić information content (AvgIpc) is 2.60. The lowest BCUT2D eigenvalue weighted by Gasteiger charge is -2.25. The van der Waals surface area contributed by atoms with Gasteiger partial charge in [0.05, 0.1) is 6.54 Å². The molecule has 2 rings (SSSR count). The summed E-state index contributed by atoms with van der Waals surface area (Å²) in [5, 5.41) is 10.9. The molecule has 0 aliphatic carbocycles. The van der Waals surface area contributed by atoms with Crippen molar-refractivity contribution in [2.24, 2.45) is 5.73 Å². The third-order valence-electron chi connectivity index (χ3n) is 3.06. The van der Waals surface area contributed by atoms with Crippen molar-refractivity contribution in [3.63, 3.8) is 0 Å². The van der Waals surface area contributed by atoms with Crippen LogP contribution >= 0.6 is 0 Å². The van der Waals surface area contributed by atoms with Crippen LogP contribution in [0, 0.1) is 0 Å². The zero-order chi connectivity index (χ0) is 16.0. The van der Waals surface area contributed by atoms with Gasteiger partial charge in [0.25, 0.3) is 0 Å². The Kier molecular flexibility index (Phi) is 4.88. The van der Waals surface area contributed by atoms with Crippen LogP contribution in [0.5, 0.6) is 0 Å². The van der Waals surface area contributed by atoms with E-state index in [-0.39, 0.29) is 11.1 Å². The zero-order valence-electron chi connectivity index (χ0n) is 11.6. The summed E-state index contributed by atoms with van der Waals surface area (Å²) < 4.78 is 0. The molecule has 3 N–H and O–H groups in total. The topological polar surface area (TPSA) is 98.9 Å². The highest BCUT2D eigenvalue weighted by Gasteiger charge is 2.43. The molecular formula is C16H15NO5. The lowest BCUT2D eigenvalue weighted by Crippen LogP contribution is -2.39.